The minimum absolute atomic E-state index is 0.588. The Morgan fingerprint density at radius 2 is 2.08 bits per heavy atom. The van der Waals surface area contributed by atoms with Crippen LogP contribution in [0.5, 0.6) is 0 Å². The Kier molecular flexibility index (Phi) is 2.61. The lowest BCUT2D eigenvalue weighted by Crippen LogP contribution is -1.91. The third-order valence-electron chi connectivity index (χ3n) is 1.77. The number of pyridine rings is 1. The SMILES string of the molecule is Cc1cccc(C2SCCS2)n1. The number of nitrogens with zero attached hydrogens (tertiary/aromatic N) is 1. The van der Waals surface area contributed by atoms with Crippen molar-refractivity contribution >= 4 is 23.5 Å². The Hall–Kier alpha value is -0.150. The van der Waals surface area contributed by atoms with Crippen molar-refractivity contribution in [3.8, 4) is 0 Å². The fourth-order valence-electron chi connectivity index (χ4n) is 1.22. The molecular formula is C9H11NS2. The van der Waals surface area contributed by atoms with Crippen molar-refractivity contribution in [1.29, 1.82) is 0 Å². The molecule has 0 radical (unpaired) electrons. The molecule has 1 saturated heterocycles. The smallest absolute Gasteiger partial charge is 0.0922 e. The first kappa shape index (κ1) is 8.45. The topological polar surface area (TPSA) is 12.9 Å². The highest BCUT2D eigenvalue weighted by molar-refractivity contribution is 8.19. The van der Waals surface area contributed by atoms with Crippen molar-refractivity contribution in [2.45, 2.75) is 11.5 Å². The maximum absolute atomic E-state index is 4.51. The van der Waals surface area contributed by atoms with Crippen molar-refractivity contribution in [2.24, 2.45) is 0 Å². The summed E-state index contributed by atoms with van der Waals surface area (Å²) >= 11 is 4.01. The van der Waals surface area contributed by atoms with Gasteiger partial charge in [-0.25, -0.2) is 0 Å². The van der Waals surface area contributed by atoms with Gasteiger partial charge in [-0.05, 0) is 19.1 Å². The fourth-order valence-corrected chi connectivity index (χ4v) is 3.99. The van der Waals surface area contributed by atoms with Crippen molar-refractivity contribution in [1.82, 2.24) is 4.98 Å². The molecule has 1 aromatic heterocycles. The Balaban J connectivity index is 2.21. The number of aryl methyl sites for hydroxylation is 1. The van der Waals surface area contributed by atoms with Crippen molar-refractivity contribution < 1.29 is 0 Å². The Labute approximate surface area is 81.4 Å². The molecule has 0 aromatic carbocycles. The molecule has 0 unspecified atom stereocenters. The van der Waals surface area contributed by atoms with Crippen LogP contribution >= 0.6 is 23.5 Å². The van der Waals surface area contributed by atoms with Crippen LogP contribution < -0.4 is 0 Å². The summed E-state index contributed by atoms with van der Waals surface area (Å²) in [6.07, 6.45) is 0. The van der Waals surface area contributed by atoms with Gasteiger partial charge in [0.25, 0.3) is 0 Å². The van der Waals surface area contributed by atoms with E-state index in [1.165, 1.54) is 17.2 Å². The number of hydrogen-bond acceptors (Lipinski definition) is 3. The Morgan fingerprint density at radius 3 is 2.75 bits per heavy atom. The van der Waals surface area contributed by atoms with Crippen LogP contribution in [-0.2, 0) is 0 Å². The van der Waals surface area contributed by atoms with Crippen LogP contribution in [0.2, 0.25) is 0 Å². The van der Waals surface area contributed by atoms with Crippen LogP contribution in [0.4, 0.5) is 0 Å². The van der Waals surface area contributed by atoms with Gasteiger partial charge in [-0.1, -0.05) is 6.07 Å². The normalized spacial score (nSPS) is 18.4. The summed E-state index contributed by atoms with van der Waals surface area (Å²) in [5.74, 6) is 2.54. The first-order valence-corrected chi connectivity index (χ1v) is 6.13. The summed E-state index contributed by atoms with van der Waals surface area (Å²) in [5.41, 5.74) is 2.36. The van der Waals surface area contributed by atoms with E-state index in [0.29, 0.717) is 4.58 Å². The van der Waals surface area contributed by atoms with Gasteiger partial charge >= 0.3 is 0 Å². The van der Waals surface area contributed by atoms with Gasteiger partial charge in [0.1, 0.15) is 0 Å². The van der Waals surface area contributed by atoms with E-state index in [9.17, 15) is 0 Å². The minimum Gasteiger partial charge on any atom is -0.256 e. The van der Waals surface area contributed by atoms with Gasteiger partial charge in [0.2, 0.25) is 0 Å². The lowest BCUT2D eigenvalue weighted by molar-refractivity contribution is 1.10. The van der Waals surface area contributed by atoms with Gasteiger partial charge < -0.3 is 0 Å². The molecular weight excluding hydrogens is 186 g/mol. The second-order valence-electron chi connectivity index (χ2n) is 2.78. The molecule has 0 amide bonds. The summed E-state index contributed by atoms with van der Waals surface area (Å²) in [6.45, 7) is 2.05. The van der Waals surface area contributed by atoms with Gasteiger partial charge in [-0.3, -0.25) is 4.98 Å². The molecule has 0 atom stereocenters. The molecule has 2 heterocycles. The summed E-state index contributed by atoms with van der Waals surface area (Å²) < 4.78 is 0.588. The Bertz CT molecular complexity index is 269. The van der Waals surface area contributed by atoms with Crippen LogP contribution in [-0.4, -0.2) is 16.5 Å². The molecule has 0 spiro atoms. The summed E-state index contributed by atoms with van der Waals surface area (Å²) in [6, 6.07) is 6.27. The number of hydrogen-bond donors (Lipinski definition) is 0. The fraction of sp³-hybridized carbons (Fsp3) is 0.444. The van der Waals surface area contributed by atoms with Crippen LogP contribution in [0.3, 0.4) is 0 Å². The standard InChI is InChI=1S/C9H11NS2/c1-7-3-2-4-8(10-7)9-11-5-6-12-9/h2-4,9H,5-6H2,1H3. The Morgan fingerprint density at radius 1 is 1.33 bits per heavy atom. The molecule has 1 aromatic rings. The maximum Gasteiger partial charge on any atom is 0.0922 e. The quantitative estimate of drug-likeness (QED) is 0.687. The van der Waals surface area contributed by atoms with Gasteiger partial charge in [-0.15, -0.1) is 23.5 Å². The second-order valence-corrected chi connectivity index (χ2v) is 5.50. The predicted molar refractivity (Wildman–Crippen MR) is 56.6 cm³/mol. The molecule has 2 rings (SSSR count). The first-order chi connectivity index (χ1) is 5.86. The number of rotatable bonds is 1. The summed E-state index contributed by atoms with van der Waals surface area (Å²) in [4.78, 5) is 4.51. The average Bonchev–Trinajstić information content (AvgIpc) is 2.56. The van der Waals surface area contributed by atoms with E-state index < -0.39 is 0 Å². The van der Waals surface area contributed by atoms with E-state index in [4.69, 9.17) is 0 Å². The van der Waals surface area contributed by atoms with E-state index >= 15 is 0 Å². The third-order valence-corrected chi connectivity index (χ3v) is 4.82. The zero-order valence-corrected chi connectivity index (χ0v) is 8.62. The highest BCUT2D eigenvalue weighted by atomic mass is 32.2. The number of aromatic nitrogens is 1. The number of thioether (sulfide) groups is 2. The molecule has 0 aliphatic carbocycles. The second kappa shape index (κ2) is 3.71. The lowest BCUT2D eigenvalue weighted by Gasteiger charge is -2.06. The van der Waals surface area contributed by atoms with Gasteiger partial charge in [0.05, 0.1) is 10.3 Å². The molecule has 0 bridgehead atoms. The first-order valence-electron chi connectivity index (χ1n) is 4.03. The molecule has 0 N–H and O–H groups in total. The molecule has 1 fully saturated rings. The molecule has 3 heteroatoms. The van der Waals surface area contributed by atoms with E-state index in [-0.39, 0.29) is 0 Å². The highest BCUT2D eigenvalue weighted by Gasteiger charge is 2.18. The minimum atomic E-state index is 0.588. The zero-order valence-electron chi connectivity index (χ0n) is 6.99. The monoisotopic (exact) mass is 197 g/mol. The molecule has 1 aliphatic rings. The van der Waals surface area contributed by atoms with Gasteiger partial charge in [0, 0.05) is 17.2 Å². The van der Waals surface area contributed by atoms with Crippen LogP contribution in [0, 0.1) is 6.92 Å². The summed E-state index contributed by atoms with van der Waals surface area (Å²) in [5, 5.41) is 0. The van der Waals surface area contributed by atoms with E-state index in [1.54, 1.807) is 0 Å². The van der Waals surface area contributed by atoms with Crippen molar-refractivity contribution in [3.05, 3.63) is 29.6 Å². The van der Waals surface area contributed by atoms with Crippen LogP contribution in [0.25, 0.3) is 0 Å². The predicted octanol–water partition coefficient (Wildman–Crippen LogP) is 2.87. The molecule has 0 saturated carbocycles. The molecule has 12 heavy (non-hydrogen) atoms. The molecule has 1 aliphatic heterocycles. The van der Waals surface area contributed by atoms with E-state index in [2.05, 4.69) is 17.1 Å². The van der Waals surface area contributed by atoms with Gasteiger partial charge in [0.15, 0.2) is 0 Å². The average molecular weight is 197 g/mol. The lowest BCUT2D eigenvalue weighted by atomic mass is 10.3. The highest BCUT2D eigenvalue weighted by Crippen LogP contribution is 2.44. The van der Waals surface area contributed by atoms with Gasteiger partial charge in [-0.2, -0.15) is 0 Å². The van der Waals surface area contributed by atoms with E-state index in [1.807, 2.05) is 36.5 Å². The molecule has 1 nitrogen and oxygen atoms in total. The van der Waals surface area contributed by atoms with Crippen LogP contribution in [0.1, 0.15) is 16.0 Å². The molecule has 64 valence electrons. The van der Waals surface area contributed by atoms with E-state index in [0.717, 1.165) is 5.69 Å². The largest absolute Gasteiger partial charge is 0.256 e. The van der Waals surface area contributed by atoms with Crippen LogP contribution in [0.15, 0.2) is 18.2 Å². The van der Waals surface area contributed by atoms with Crippen molar-refractivity contribution in [2.75, 3.05) is 11.5 Å². The van der Waals surface area contributed by atoms with Crippen molar-refractivity contribution in [3.63, 3.8) is 0 Å². The maximum atomic E-state index is 4.51. The third kappa shape index (κ3) is 1.77. The zero-order chi connectivity index (χ0) is 8.39. The summed E-state index contributed by atoms with van der Waals surface area (Å²) in [7, 11) is 0.